The van der Waals surface area contributed by atoms with Gasteiger partial charge >= 0.3 is 5.97 Å². The first-order valence-corrected chi connectivity index (χ1v) is 5.44. The SMILES string of the molecule is Cc1ccsc1CC(=O)NC(C)C(=O)O. The highest BCUT2D eigenvalue weighted by molar-refractivity contribution is 7.10. The Hall–Kier alpha value is -1.36. The topological polar surface area (TPSA) is 66.4 Å². The second-order valence-electron chi connectivity index (χ2n) is 3.33. The van der Waals surface area contributed by atoms with Gasteiger partial charge in [0.25, 0.3) is 0 Å². The number of hydrogen-bond acceptors (Lipinski definition) is 3. The molecule has 0 aliphatic carbocycles. The average molecular weight is 227 g/mol. The molecular formula is C10H13NO3S. The third kappa shape index (κ3) is 3.36. The van der Waals surface area contributed by atoms with Crippen LogP contribution in [0.2, 0.25) is 0 Å². The van der Waals surface area contributed by atoms with Gasteiger partial charge in [-0.25, -0.2) is 0 Å². The van der Waals surface area contributed by atoms with Crippen molar-refractivity contribution >= 4 is 23.2 Å². The molecule has 0 spiro atoms. The second-order valence-corrected chi connectivity index (χ2v) is 4.33. The van der Waals surface area contributed by atoms with Crippen LogP contribution < -0.4 is 5.32 Å². The van der Waals surface area contributed by atoms with Gasteiger partial charge in [-0.05, 0) is 30.9 Å². The summed E-state index contributed by atoms with van der Waals surface area (Å²) >= 11 is 1.51. The van der Waals surface area contributed by atoms with Crippen LogP contribution in [0.5, 0.6) is 0 Å². The van der Waals surface area contributed by atoms with Crippen LogP contribution in [0.1, 0.15) is 17.4 Å². The van der Waals surface area contributed by atoms with E-state index < -0.39 is 12.0 Å². The summed E-state index contributed by atoms with van der Waals surface area (Å²) in [6.45, 7) is 3.38. The highest BCUT2D eigenvalue weighted by Gasteiger charge is 2.14. The number of amides is 1. The van der Waals surface area contributed by atoms with E-state index in [1.807, 2.05) is 18.4 Å². The molecule has 0 saturated carbocycles. The summed E-state index contributed by atoms with van der Waals surface area (Å²) in [6, 6.07) is 1.10. The molecule has 0 bridgehead atoms. The Morgan fingerprint density at radius 1 is 1.60 bits per heavy atom. The molecule has 0 aliphatic rings. The maximum absolute atomic E-state index is 11.4. The molecule has 1 heterocycles. The molecule has 1 unspecified atom stereocenters. The van der Waals surface area contributed by atoms with E-state index in [1.165, 1.54) is 18.3 Å². The van der Waals surface area contributed by atoms with Crippen molar-refractivity contribution in [2.75, 3.05) is 0 Å². The van der Waals surface area contributed by atoms with Gasteiger partial charge < -0.3 is 10.4 Å². The minimum absolute atomic E-state index is 0.251. The van der Waals surface area contributed by atoms with Crippen LogP contribution in [-0.2, 0) is 16.0 Å². The Labute approximate surface area is 91.9 Å². The predicted molar refractivity (Wildman–Crippen MR) is 58.0 cm³/mol. The number of thiophene rings is 1. The molecule has 2 N–H and O–H groups in total. The zero-order valence-corrected chi connectivity index (χ0v) is 9.43. The van der Waals surface area contributed by atoms with Crippen molar-refractivity contribution in [3.8, 4) is 0 Å². The summed E-state index contributed by atoms with van der Waals surface area (Å²) in [7, 11) is 0. The molecule has 1 rings (SSSR count). The van der Waals surface area contributed by atoms with E-state index in [0.717, 1.165) is 10.4 Å². The van der Waals surface area contributed by atoms with Gasteiger partial charge in [0.1, 0.15) is 6.04 Å². The summed E-state index contributed by atoms with van der Waals surface area (Å²) in [5, 5.41) is 12.9. The number of carbonyl (C=O) groups is 2. The van der Waals surface area contributed by atoms with Gasteiger partial charge in [-0.15, -0.1) is 11.3 Å². The fraction of sp³-hybridized carbons (Fsp3) is 0.400. The third-order valence-electron chi connectivity index (χ3n) is 2.04. The van der Waals surface area contributed by atoms with Crippen LogP contribution in [0.4, 0.5) is 0 Å². The van der Waals surface area contributed by atoms with Crippen molar-refractivity contribution < 1.29 is 14.7 Å². The standard InChI is InChI=1S/C10H13NO3S/c1-6-3-4-15-8(6)5-9(12)11-7(2)10(13)14/h3-4,7H,5H2,1-2H3,(H,11,12)(H,13,14). The molecule has 5 heteroatoms. The molecule has 0 radical (unpaired) electrons. The van der Waals surface area contributed by atoms with Crippen molar-refractivity contribution in [2.45, 2.75) is 26.3 Å². The summed E-state index contributed by atoms with van der Waals surface area (Å²) in [5.41, 5.74) is 1.07. The molecule has 15 heavy (non-hydrogen) atoms. The van der Waals surface area contributed by atoms with Crippen LogP contribution in [-0.4, -0.2) is 23.0 Å². The fourth-order valence-electron chi connectivity index (χ4n) is 1.09. The molecular weight excluding hydrogens is 214 g/mol. The lowest BCUT2D eigenvalue weighted by Crippen LogP contribution is -2.39. The first-order chi connectivity index (χ1) is 7.00. The van der Waals surface area contributed by atoms with E-state index in [1.54, 1.807) is 0 Å². The summed E-state index contributed by atoms with van der Waals surface area (Å²) < 4.78 is 0. The van der Waals surface area contributed by atoms with Crippen molar-refractivity contribution in [1.82, 2.24) is 5.32 Å². The number of carbonyl (C=O) groups excluding carboxylic acids is 1. The highest BCUT2D eigenvalue weighted by atomic mass is 32.1. The summed E-state index contributed by atoms with van der Waals surface area (Å²) in [4.78, 5) is 22.9. The molecule has 1 aromatic heterocycles. The van der Waals surface area contributed by atoms with Gasteiger partial charge in [0.15, 0.2) is 0 Å². The normalized spacial score (nSPS) is 12.1. The molecule has 1 amide bonds. The van der Waals surface area contributed by atoms with Gasteiger partial charge in [-0.3, -0.25) is 9.59 Å². The predicted octanol–water partition coefficient (Wildman–Crippen LogP) is 1.19. The maximum Gasteiger partial charge on any atom is 0.325 e. The van der Waals surface area contributed by atoms with E-state index in [-0.39, 0.29) is 12.3 Å². The smallest absolute Gasteiger partial charge is 0.325 e. The molecule has 1 atom stereocenters. The van der Waals surface area contributed by atoms with Crippen LogP contribution >= 0.6 is 11.3 Å². The summed E-state index contributed by atoms with van der Waals surface area (Å²) in [6.07, 6.45) is 0.251. The number of carboxylic acid groups (broad SMARTS) is 1. The van der Waals surface area contributed by atoms with E-state index in [0.29, 0.717) is 0 Å². The van der Waals surface area contributed by atoms with Gasteiger partial charge in [0, 0.05) is 4.88 Å². The zero-order valence-electron chi connectivity index (χ0n) is 8.61. The summed E-state index contributed by atoms with van der Waals surface area (Å²) in [5.74, 6) is -1.28. The zero-order chi connectivity index (χ0) is 11.4. The van der Waals surface area contributed by atoms with Gasteiger partial charge in [-0.2, -0.15) is 0 Å². The second kappa shape index (κ2) is 4.93. The largest absolute Gasteiger partial charge is 0.480 e. The van der Waals surface area contributed by atoms with E-state index >= 15 is 0 Å². The molecule has 0 saturated heterocycles. The first kappa shape index (κ1) is 11.7. The minimum Gasteiger partial charge on any atom is -0.480 e. The Bertz CT molecular complexity index is 372. The first-order valence-electron chi connectivity index (χ1n) is 4.56. The number of rotatable bonds is 4. The number of hydrogen-bond donors (Lipinski definition) is 2. The van der Waals surface area contributed by atoms with Crippen molar-refractivity contribution in [2.24, 2.45) is 0 Å². The Kier molecular flexibility index (Phi) is 3.85. The van der Waals surface area contributed by atoms with Crippen LogP contribution in [0.3, 0.4) is 0 Å². The van der Waals surface area contributed by atoms with Gasteiger partial charge in [0.2, 0.25) is 5.91 Å². The maximum atomic E-state index is 11.4. The lowest BCUT2D eigenvalue weighted by atomic mass is 10.2. The number of nitrogens with one attached hydrogen (secondary N) is 1. The lowest BCUT2D eigenvalue weighted by Gasteiger charge is -2.08. The minimum atomic E-state index is -1.02. The molecule has 4 nitrogen and oxygen atoms in total. The van der Waals surface area contributed by atoms with Gasteiger partial charge in [0.05, 0.1) is 6.42 Å². The molecule has 0 fully saturated rings. The average Bonchev–Trinajstić information content (AvgIpc) is 2.51. The number of carboxylic acids is 1. The molecule has 1 aromatic rings. The molecule has 82 valence electrons. The molecule has 0 aromatic carbocycles. The Balaban J connectivity index is 2.50. The third-order valence-corrected chi connectivity index (χ3v) is 3.06. The fourth-order valence-corrected chi connectivity index (χ4v) is 1.99. The van der Waals surface area contributed by atoms with E-state index in [2.05, 4.69) is 5.32 Å². The quantitative estimate of drug-likeness (QED) is 0.812. The van der Waals surface area contributed by atoms with Gasteiger partial charge in [-0.1, -0.05) is 0 Å². The number of aryl methyl sites for hydroxylation is 1. The van der Waals surface area contributed by atoms with E-state index in [4.69, 9.17) is 5.11 Å². The molecule has 0 aliphatic heterocycles. The Morgan fingerprint density at radius 3 is 2.73 bits per heavy atom. The van der Waals surface area contributed by atoms with Crippen LogP contribution in [0.15, 0.2) is 11.4 Å². The van der Waals surface area contributed by atoms with Crippen molar-refractivity contribution in [3.05, 3.63) is 21.9 Å². The number of aliphatic carboxylic acids is 1. The highest BCUT2D eigenvalue weighted by Crippen LogP contribution is 2.15. The van der Waals surface area contributed by atoms with Crippen LogP contribution in [0, 0.1) is 6.92 Å². The Morgan fingerprint density at radius 2 is 2.27 bits per heavy atom. The monoisotopic (exact) mass is 227 g/mol. The van der Waals surface area contributed by atoms with Crippen molar-refractivity contribution in [1.29, 1.82) is 0 Å². The lowest BCUT2D eigenvalue weighted by molar-refractivity contribution is -0.141. The van der Waals surface area contributed by atoms with Crippen LogP contribution in [0.25, 0.3) is 0 Å². The van der Waals surface area contributed by atoms with Crippen molar-refractivity contribution in [3.63, 3.8) is 0 Å². The van der Waals surface area contributed by atoms with E-state index in [9.17, 15) is 9.59 Å².